The Balaban J connectivity index is 2.09. The lowest BCUT2D eigenvalue weighted by atomic mass is 9.80. The lowest BCUT2D eigenvalue weighted by Crippen LogP contribution is -2.61. The number of piperidine rings is 1. The van der Waals surface area contributed by atoms with Crippen molar-refractivity contribution in [1.29, 1.82) is 0 Å². The van der Waals surface area contributed by atoms with Gasteiger partial charge in [-0.3, -0.25) is 4.84 Å². The lowest BCUT2D eigenvalue weighted by molar-refractivity contribution is -0.313. The summed E-state index contributed by atoms with van der Waals surface area (Å²) in [7, 11) is 0. The van der Waals surface area contributed by atoms with Crippen molar-refractivity contribution in [3.8, 4) is 5.75 Å². The summed E-state index contributed by atoms with van der Waals surface area (Å²) in [5.74, 6) is 0.826. The first-order valence-corrected chi connectivity index (χ1v) is 8.64. The third kappa shape index (κ3) is 4.38. The van der Waals surface area contributed by atoms with Gasteiger partial charge in [-0.05, 0) is 65.2 Å². The molecule has 0 bridgehead atoms. The van der Waals surface area contributed by atoms with Gasteiger partial charge in [0.2, 0.25) is 0 Å². The molecule has 1 saturated heterocycles. The highest BCUT2D eigenvalue weighted by atomic mass is 16.7. The average Bonchev–Trinajstić information content (AvgIpc) is 2.48. The van der Waals surface area contributed by atoms with Gasteiger partial charge in [-0.25, -0.2) is 0 Å². The summed E-state index contributed by atoms with van der Waals surface area (Å²) in [5.41, 5.74) is 0.656. The molecular formula is C20H31NO3. The van der Waals surface area contributed by atoms with Gasteiger partial charge in [0, 0.05) is 11.1 Å². The third-order valence-electron chi connectivity index (χ3n) is 4.55. The van der Waals surface area contributed by atoms with Gasteiger partial charge in [0.1, 0.15) is 18.5 Å². The van der Waals surface area contributed by atoms with Crippen LogP contribution in [0.2, 0.25) is 0 Å². The molecule has 1 unspecified atom stereocenters. The molecule has 4 nitrogen and oxygen atoms in total. The van der Waals surface area contributed by atoms with Crippen LogP contribution in [0.25, 0.3) is 0 Å². The van der Waals surface area contributed by atoms with E-state index in [-0.39, 0.29) is 23.3 Å². The van der Waals surface area contributed by atoms with Gasteiger partial charge in [-0.2, -0.15) is 5.06 Å². The molecule has 1 aliphatic rings. The molecule has 0 aliphatic carbocycles. The Morgan fingerprint density at radius 3 is 2.25 bits per heavy atom. The minimum absolute atomic E-state index is 0.0766. The summed E-state index contributed by atoms with van der Waals surface area (Å²) in [6.07, 6.45) is 2.78. The molecule has 0 aromatic heterocycles. The fourth-order valence-corrected chi connectivity index (χ4v) is 3.71. The first kappa shape index (κ1) is 19.0. The number of rotatable bonds is 6. The number of benzene rings is 1. The molecule has 0 saturated carbocycles. The smallest absolute Gasteiger partial charge is 0.119 e. The van der Waals surface area contributed by atoms with E-state index in [0.29, 0.717) is 19.4 Å². The first-order valence-electron chi connectivity index (χ1n) is 8.64. The predicted octanol–water partition coefficient (Wildman–Crippen LogP) is 4.26. The maximum Gasteiger partial charge on any atom is 0.119 e. The third-order valence-corrected chi connectivity index (χ3v) is 4.55. The lowest BCUT2D eigenvalue weighted by Gasteiger charge is -2.53. The second-order valence-electron chi connectivity index (χ2n) is 7.90. The zero-order valence-corrected chi connectivity index (χ0v) is 15.6. The Labute approximate surface area is 146 Å². The van der Waals surface area contributed by atoms with Crippen molar-refractivity contribution >= 4 is 0 Å². The monoisotopic (exact) mass is 333 g/mol. The molecule has 4 heteroatoms. The summed E-state index contributed by atoms with van der Waals surface area (Å²) in [4.78, 5) is 6.34. The minimum atomic E-state index is -0.286. The maximum absolute atomic E-state index is 10.1. The molecular weight excluding hydrogens is 302 g/mol. The van der Waals surface area contributed by atoms with Gasteiger partial charge in [-0.15, -0.1) is 0 Å². The van der Waals surface area contributed by atoms with Gasteiger partial charge in [0.05, 0.1) is 6.10 Å². The van der Waals surface area contributed by atoms with Crippen LogP contribution in [0, 0.1) is 0 Å². The molecule has 0 spiro atoms. The van der Waals surface area contributed by atoms with E-state index >= 15 is 0 Å². The largest absolute Gasteiger partial charge is 0.490 e. The van der Waals surface area contributed by atoms with Gasteiger partial charge < -0.3 is 9.84 Å². The quantitative estimate of drug-likeness (QED) is 0.790. The van der Waals surface area contributed by atoms with E-state index in [1.807, 2.05) is 24.3 Å². The number of aliphatic hydroxyl groups is 1. The van der Waals surface area contributed by atoms with Crippen LogP contribution in [-0.4, -0.2) is 34.0 Å². The highest BCUT2D eigenvalue weighted by molar-refractivity contribution is 5.28. The number of aliphatic hydroxyl groups excluding tert-OH is 1. The summed E-state index contributed by atoms with van der Waals surface area (Å²) < 4.78 is 5.52. The standard InChI is InChI=1S/C20H31NO3/c1-7-12-23-18-10-8-16(9-11-18)15(2)24-21-19(3,4)13-17(22)14-20(21,5)6/h7-11,15,17,22H,1,12-14H2,2-6H3. The van der Waals surface area contributed by atoms with E-state index in [4.69, 9.17) is 9.57 Å². The van der Waals surface area contributed by atoms with Crippen LogP contribution >= 0.6 is 0 Å². The van der Waals surface area contributed by atoms with E-state index in [1.54, 1.807) is 6.08 Å². The number of hydrogen-bond donors (Lipinski definition) is 1. The average molecular weight is 333 g/mol. The summed E-state index contributed by atoms with van der Waals surface area (Å²) in [6, 6.07) is 7.97. The van der Waals surface area contributed by atoms with Gasteiger partial charge in [-0.1, -0.05) is 24.8 Å². The molecule has 1 aliphatic heterocycles. The van der Waals surface area contributed by atoms with Crippen LogP contribution in [0.5, 0.6) is 5.75 Å². The van der Waals surface area contributed by atoms with Crippen molar-refractivity contribution in [3.63, 3.8) is 0 Å². The minimum Gasteiger partial charge on any atom is -0.490 e. The van der Waals surface area contributed by atoms with Crippen LogP contribution in [0.4, 0.5) is 0 Å². The summed E-state index contributed by atoms with van der Waals surface area (Å²) in [5, 5.41) is 12.2. The highest BCUT2D eigenvalue weighted by Crippen LogP contribution is 2.40. The van der Waals surface area contributed by atoms with E-state index in [2.05, 4.69) is 46.3 Å². The van der Waals surface area contributed by atoms with E-state index in [1.165, 1.54) is 0 Å². The predicted molar refractivity (Wildman–Crippen MR) is 96.9 cm³/mol. The summed E-state index contributed by atoms with van der Waals surface area (Å²) in [6.45, 7) is 14.7. The number of hydroxylamine groups is 2. The number of nitrogens with zero attached hydrogens (tertiary/aromatic N) is 1. The Bertz CT molecular complexity index is 533. The van der Waals surface area contributed by atoms with Gasteiger partial charge in [0.15, 0.2) is 0 Å². The van der Waals surface area contributed by atoms with Crippen molar-refractivity contribution < 1.29 is 14.7 Å². The van der Waals surface area contributed by atoms with E-state index < -0.39 is 0 Å². The second kappa shape index (κ2) is 7.26. The maximum atomic E-state index is 10.1. The van der Waals surface area contributed by atoms with E-state index in [0.717, 1.165) is 11.3 Å². The van der Waals surface area contributed by atoms with Crippen molar-refractivity contribution in [1.82, 2.24) is 5.06 Å². The molecule has 1 aromatic carbocycles. The first-order chi connectivity index (χ1) is 11.2. The van der Waals surface area contributed by atoms with Gasteiger partial charge >= 0.3 is 0 Å². The van der Waals surface area contributed by atoms with Crippen LogP contribution in [0.1, 0.15) is 59.1 Å². The number of hydrogen-bond acceptors (Lipinski definition) is 4. The fraction of sp³-hybridized carbons (Fsp3) is 0.600. The van der Waals surface area contributed by atoms with Crippen molar-refractivity contribution in [2.45, 2.75) is 70.7 Å². The SMILES string of the molecule is C=CCOc1ccc(C(C)ON2C(C)(C)CC(O)CC2(C)C)cc1. The van der Waals surface area contributed by atoms with Crippen LogP contribution in [-0.2, 0) is 4.84 Å². The normalized spacial score (nSPS) is 22.1. The Morgan fingerprint density at radius 1 is 1.21 bits per heavy atom. The van der Waals surface area contributed by atoms with Crippen LogP contribution in [0.15, 0.2) is 36.9 Å². The highest BCUT2D eigenvalue weighted by Gasteiger charge is 2.46. The van der Waals surface area contributed by atoms with Crippen molar-refractivity contribution in [2.75, 3.05) is 6.61 Å². The molecule has 134 valence electrons. The zero-order chi connectivity index (χ0) is 18.0. The molecule has 1 atom stereocenters. The molecule has 24 heavy (non-hydrogen) atoms. The van der Waals surface area contributed by atoms with Crippen molar-refractivity contribution in [2.24, 2.45) is 0 Å². The van der Waals surface area contributed by atoms with Crippen molar-refractivity contribution in [3.05, 3.63) is 42.5 Å². The zero-order valence-electron chi connectivity index (χ0n) is 15.6. The topological polar surface area (TPSA) is 41.9 Å². The Hall–Kier alpha value is -1.36. The molecule has 2 rings (SSSR count). The number of ether oxygens (including phenoxy) is 1. The molecule has 1 heterocycles. The fourth-order valence-electron chi connectivity index (χ4n) is 3.71. The molecule has 1 aromatic rings. The Kier molecular flexibility index (Phi) is 5.74. The Morgan fingerprint density at radius 2 is 1.75 bits per heavy atom. The van der Waals surface area contributed by atoms with E-state index in [9.17, 15) is 5.11 Å². The molecule has 1 fully saturated rings. The molecule has 1 N–H and O–H groups in total. The molecule has 0 amide bonds. The van der Waals surface area contributed by atoms with Crippen LogP contribution < -0.4 is 4.74 Å². The van der Waals surface area contributed by atoms with Crippen LogP contribution in [0.3, 0.4) is 0 Å². The summed E-state index contributed by atoms with van der Waals surface area (Å²) >= 11 is 0. The van der Waals surface area contributed by atoms with Gasteiger partial charge in [0.25, 0.3) is 0 Å². The second-order valence-corrected chi connectivity index (χ2v) is 7.90. The molecule has 0 radical (unpaired) electrons.